The molecule has 2 aromatic carbocycles. The lowest BCUT2D eigenvalue weighted by atomic mass is 10.2. The number of amides is 1. The average molecular weight is 381 g/mol. The summed E-state index contributed by atoms with van der Waals surface area (Å²) in [7, 11) is 3.13. The third kappa shape index (κ3) is 3.13. The number of carbonyl (C=O) groups is 1. The lowest BCUT2D eigenvalue weighted by Crippen LogP contribution is -2.44. The van der Waals surface area contributed by atoms with Gasteiger partial charge in [0.05, 0.1) is 19.9 Å². The summed E-state index contributed by atoms with van der Waals surface area (Å²) < 4.78 is 21.6. The maximum absolute atomic E-state index is 12.6. The van der Waals surface area contributed by atoms with Gasteiger partial charge in [-0.25, -0.2) is 0 Å². The first-order valence-corrected chi connectivity index (χ1v) is 8.72. The van der Waals surface area contributed by atoms with Crippen LogP contribution in [0.4, 0.5) is 5.69 Å². The summed E-state index contributed by atoms with van der Waals surface area (Å²) in [5.74, 6) is 2.38. The molecule has 1 aliphatic heterocycles. The van der Waals surface area contributed by atoms with Crippen LogP contribution in [0.3, 0.4) is 0 Å². The Morgan fingerprint density at radius 2 is 1.89 bits per heavy atom. The number of ether oxygens (including phenoxy) is 3. The first-order chi connectivity index (χ1) is 13.6. The molecule has 0 N–H and O–H groups in total. The van der Waals surface area contributed by atoms with E-state index in [-0.39, 0.29) is 12.5 Å². The van der Waals surface area contributed by atoms with Crippen LogP contribution >= 0.6 is 0 Å². The van der Waals surface area contributed by atoms with Gasteiger partial charge in [0.25, 0.3) is 5.91 Å². The van der Waals surface area contributed by atoms with Crippen molar-refractivity contribution in [2.45, 2.75) is 19.6 Å². The Morgan fingerprint density at radius 3 is 2.68 bits per heavy atom. The molecule has 3 aromatic rings. The number of carbonyl (C=O) groups excluding carboxylic acids is 1. The fourth-order valence-corrected chi connectivity index (χ4v) is 3.07. The summed E-state index contributed by atoms with van der Waals surface area (Å²) in [6.07, 6.45) is -0.580. The van der Waals surface area contributed by atoms with Gasteiger partial charge in [-0.05, 0) is 37.3 Å². The van der Waals surface area contributed by atoms with Crippen molar-refractivity contribution in [2.24, 2.45) is 0 Å². The van der Waals surface area contributed by atoms with Crippen molar-refractivity contribution in [3.63, 3.8) is 0 Å². The molecule has 4 rings (SSSR count). The fourth-order valence-electron chi connectivity index (χ4n) is 3.07. The number of hydrogen-bond donors (Lipinski definition) is 0. The molecule has 0 radical (unpaired) electrons. The molecule has 144 valence electrons. The molecule has 0 saturated carbocycles. The third-order valence-corrected chi connectivity index (χ3v) is 4.48. The minimum Gasteiger partial charge on any atom is -0.493 e. The second-order valence-corrected chi connectivity index (χ2v) is 6.23. The predicted molar refractivity (Wildman–Crippen MR) is 101 cm³/mol. The van der Waals surface area contributed by atoms with Gasteiger partial charge in [-0.1, -0.05) is 17.3 Å². The smallest absolute Gasteiger partial charge is 0.268 e. The first kappa shape index (κ1) is 17.8. The van der Waals surface area contributed by atoms with E-state index in [1.165, 1.54) is 0 Å². The van der Waals surface area contributed by atoms with Gasteiger partial charge in [0, 0.05) is 5.56 Å². The zero-order chi connectivity index (χ0) is 19.7. The normalized spacial score (nSPS) is 15.8. The molecular formula is C20H19N3O5. The number of nitrogens with zero attached hydrogens (tertiary/aromatic N) is 3. The second kappa shape index (κ2) is 7.22. The van der Waals surface area contributed by atoms with Crippen molar-refractivity contribution in [3.05, 3.63) is 48.4 Å². The largest absolute Gasteiger partial charge is 0.493 e. The minimum absolute atomic E-state index is 0.157. The van der Waals surface area contributed by atoms with Crippen LogP contribution in [0.25, 0.3) is 11.4 Å². The van der Waals surface area contributed by atoms with Gasteiger partial charge in [0.15, 0.2) is 17.6 Å². The SMILES string of the molecule is COc1ccc(-c2noc(CN3C(=O)[C@H](C)Oc4ccccc43)n2)cc1OC. The van der Waals surface area contributed by atoms with Crippen LogP contribution in [-0.4, -0.2) is 36.4 Å². The molecule has 0 unspecified atom stereocenters. The van der Waals surface area contributed by atoms with Gasteiger partial charge >= 0.3 is 0 Å². The number of fused-ring (bicyclic) bond motifs is 1. The van der Waals surface area contributed by atoms with E-state index < -0.39 is 6.10 Å². The molecule has 8 nitrogen and oxygen atoms in total. The standard InChI is InChI=1S/C20H19N3O5/c1-12-20(24)23(14-6-4-5-7-15(14)27-12)11-18-21-19(22-28-18)13-8-9-16(25-2)17(10-13)26-3/h4-10,12H,11H2,1-3H3/t12-/m0/s1. The Morgan fingerprint density at radius 1 is 1.11 bits per heavy atom. The monoisotopic (exact) mass is 381 g/mol. The topological polar surface area (TPSA) is 86.9 Å². The highest BCUT2D eigenvalue weighted by Crippen LogP contribution is 2.35. The highest BCUT2D eigenvalue weighted by Gasteiger charge is 2.32. The zero-order valence-electron chi connectivity index (χ0n) is 15.7. The van der Waals surface area contributed by atoms with Crippen LogP contribution in [0, 0.1) is 0 Å². The van der Waals surface area contributed by atoms with E-state index in [0.29, 0.717) is 34.7 Å². The van der Waals surface area contributed by atoms with E-state index in [1.807, 2.05) is 30.3 Å². The van der Waals surface area contributed by atoms with E-state index in [0.717, 1.165) is 5.56 Å². The zero-order valence-corrected chi connectivity index (χ0v) is 15.7. The Labute approximate surface area is 161 Å². The van der Waals surface area contributed by atoms with Crippen LogP contribution in [-0.2, 0) is 11.3 Å². The molecule has 0 spiro atoms. The van der Waals surface area contributed by atoms with E-state index >= 15 is 0 Å². The maximum Gasteiger partial charge on any atom is 0.268 e. The van der Waals surface area contributed by atoms with Crippen molar-refractivity contribution in [3.8, 4) is 28.6 Å². The van der Waals surface area contributed by atoms with Gasteiger partial charge in [0.2, 0.25) is 11.7 Å². The second-order valence-electron chi connectivity index (χ2n) is 6.23. The van der Waals surface area contributed by atoms with E-state index in [9.17, 15) is 4.79 Å². The van der Waals surface area contributed by atoms with Crippen LogP contribution in [0.1, 0.15) is 12.8 Å². The summed E-state index contributed by atoms with van der Waals surface area (Å²) in [4.78, 5) is 18.6. The summed E-state index contributed by atoms with van der Waals surface area (Å²) in [5, 5.41) is 4.03. The van der Waals surface area contributed by atoms with Crippen LogP contribution in [0.2, 0.25) is 0 Å². The van der Waals surface area contributed by atoms with Crippen molar-refractivity contribution in [1.29, 1.82) is 0 Å². The van der Waals surface area contributed by atoms with Gasteiger partial charge in [-0.3, -0.25) is 9.69 Å². The third-order valence-electron chi connectivity index (χ3n) is 4.48. The summed E-state index contributed by atoms with van der Waals surface area (Å²) >= 11 is 0. The molecule has 1 aromatic heterocycles. The predicted octanol–water partition coefficient (Wildman–Crippen LogP) is 3.07. The van der Waals surface area contributed by atoms with Gasteiger partial charge < -0.3 is 18.7 Å². The highest BCUT2D eigenvalue weighted by atomic mass is 16.5. The number of aromatic nitrogens is 2. The molecule has 1 atom stereocenters. The number of para-hydroxylation sites is 2. The fraction of sp³-hybridized carbons (Fsp3) is 0.250. The molecule has 1 amide bonds. The Kier molecular flexibility index (Phi) is 4.60. The quantitative estimate of drug-likeness (QED) is 0.671. The molecular weight excluding hydrogens is 362 g/mol. The number of hydrogen-bond acceptors (Lipinski definition) is 7. The van der Waals surface area contributed by atoms with Gasteiger partial charge in [0.1, 0.15) is 12.3 Å². The number of rotatable bonds is 5. The lowest BCUT2D eigenvalue weighted by Gasteiger charge is -2.31. The molecule has 0 bridgehead atoms. The molecule has 28 heavy (non-hydrogen) atoms. The number of benzene rings is 2. The molecule has 8 heteroatoms. The van der Waals surface area contributed by atoms with Crippen LogP contribution in [0.5, 0.6) is 17.2 Å². The van der Waals surface area contributed by atoms with Crippen LogP contribution < -0.4 is 19.1 Å². The summed E-state index contributed by atoms with van der Waals surface area (Å²) in [6.45, 7) is 1.87. The molecule has 0 fully saturated rings. The average Bonchev–Trinajstić information content (AvgIpc) is 3.19. The van der Waals surface area contributed by atoms with E-state index in [4.69, 9.17) is 18.7 Å². The van der Waals surface area contributed by atoms with Crippen molar-refractivity contribution < 1.29 is 23.5 Å². The van der Waals surface area contributed by atoms with Gasteiger partial charge in [-0.2, -0.15) is 4.98 Å². The Bertz CT molecular complexity index is 1020. The molecule has 1 aliphatic rings. The lowest BCUT2D eigenvalue weighted by molar-refractivity contribution is -0.125. The van der Waals surface area contributed by atoms with E-state index in [1.54, 1.807) is 38.2 Å². The summed E-state index contributed by atoms with van der Waals surface area (Å²) in [6, 6.07) is 12.7. The molecule has 0 saturated heterocycles. The van der Waals surface area contributed by atoms with Crippen molar-refractivity contribution >= 4 is 11.6 Å². The Hall–Kier alpha value is -3.55. The van der Waals surface area contributed by atoms with Gasteiger partial charge in [-0.15, -0.1) is 0 Å². The molecule has 2 heterocycles. The van der Waals surface area contributed by atoms with Crippen molar-refractivity contribution in [2.75, 3.05) is 19.1 Å². The van der Waals surface area contributed by atoms with Crippen molar-refractivity contribution in [1.82, 2.24) is 10.1 Å². The highest BCUT2D eigenvalue weighted by molar-refractivity contribution is 5.99. The molecule has 0 aliphatic carbocycles. The number of methoxy groups -OCH3 is 2. The van der Waals surface area contributed by atoms with E-state index in [2.05, 4.69) is 10.1 Å². The maximum atomic E-state index is 12.6. The minimum atomic E-state index is -0.580. The Balaban J connectivity index is 1.61. The van der Waals surface area contributed by atoms with Crippen LogP contribution in [0.15, 0.2) is 47.0 Å². The number of anilines is 1. The first-order valence-electron chi connectivity index (χ1n) is 8.72. The summed E-state index contributed by atoms with van der Waals surface area (Å²) in [5.41, 5.74) is 1.39.